The molecule has 0 radical (unpaired) electrons. The molecule has 112 valence electrons. The van der Waals surface area contributed by atoms with Crippen LogP contribution in [-0.4, -0.2) is 6.54 Å². The Morgan fingerprint density at radius 3 is 2.52 bits per heavy atom. The maximum absolute atomic E-state index is 13.0. The molecule has 0 atom stereocenters. The topological polar surface area (TPSA) is 12.0 Å². The van der Waals surface area contributed by atoms with E-state index in [9.17, 15) is 4.39 Å². The van der Waals surface area contributed by atoms with Gasteiger partial charge in [0.25, 0.3) is 0 Å². The van der Waals surface area contributed by atoms with E-state index in [1.165, 1.54) is 12.1 Å². The van der Waals surface area contributed by atoms with Crippen molar-refractivity contribution in [2.24, 2.45) is 5.92 Å². The van der Waals surface area contributed by atoms with Gasteiger partial charge in [-0.05, 0) is 54.4 Å². The summed E-state index contributed by atoms with van der Waals surface area (Å²) in [5, 5.41) is 4.18. The molecule has 4 heteroatoms. The number of hydrogen-bond acceptors (Lipinski definition) is 2. The van der Waals surface area contributed by atoms with Crippen molar-refractivity contribution < 1.29 is 4.39 Å². The first-order chi connectivity index (χ1) is 10.1. The van der Waals surface area contributed by atoms with E-state index in [-0.39, 0.29) is 5.82 Å². The summed E-state index contributed by atoms with van der Waals surface area (Å²) in [6, 6.07) is 12.4. The highest BCUT2D eigenvalue weighted by molar-refractivity contribution is 7.99. The molecule has 0 aliphatic heterocycles. The molecule has 2 aromatic rings. The smallest absolute Gasteiger partial charge is 0.123 e. The van der Waals surface area contributed by atoms with Gasteiger partial charge in [-0.25, -0.2) is 4.39 Å². The summed E-state index contributed by atoms with van der Waals surface area (Å²) in [4.78, 5) is 2.11. The van der Waals surface area contributed by atoms with Crippen molar-refractivity contribution in [1.29, 1.82) is 0 Å². The van der Waals surface area contributed by atoms with Crippen LogP contribution in [0.3, 0.4) is 0 Å². The summed E-state index contributed by atoms with van der Waals surface area (Å²) >= 11 is 7.93. The Hall–Kier alpha value is -1.03. The van der Waals surface area contributed by atoms with Crippen LogP contribution in [0.4, 0.5) is 4.39 Å². The standard InChI is InChI=1S/C17H19ClFNS/c1-12(2)10-20-11-15-16(18)4-3-5-17(15)21-14-8-6-13(19)7-9-14/h3-9,12,20H,10-11H2,1-2H3. The molecule has 1 N–H and O–H groups in total. The van der Waals surface area contributed by atoms with Gasteiger partial charge < -0.3 is 5.32 Å². The van der Waals surface area contributed by atoms with Gasteiger partial charge in [-0.2, -0.15) is 0 Å². The zero-order valence-corrected chi connectivity index (χ0v) is 13.8. The number of benzene rings is 2. The first-order valence-corrected chi connectivity index (χ1v) is 8.17. The van der Waals surface area contributed by atoms with Gasteiger partial charge in [-0.1, -0.05) is 43.3 Å². The lowest BCUT2D eigenvalue weighted by atomic mass is 10.2. The summed E-state index contributed by atoms with van der Waals surface area (Å²) in [7, 11) is 0. The van der Waals surface area contributed by atoms with Crippen molar-refractivity contribution in [3.05, 3.63) is 58.9 Å². The number of halogens is 2. The molecular formula is C17H19ClFNS. The van der Waals surface area contributed by atoms with Gasteiger partial charge in [0.2, 0.25) is 0 Å². The molecule has 0 heterocycles. The quantitative estimate of drug-likeness (QED) is 0.766. The SMILES string of the molecule is CC(C)CNCc1c(Cl)cccc1Sc1ccc(F)cc1. The van der Waals surface area contributed by atoms with Crippen LogP contribution in [0.2, 0.25) is 5.02 Å². The maximum atomic E-state index is 13.0. The molecule has 0 fully saturated rings. The van der Waals surface area contributed by atoms with Crippen LogP contribution in [0.5, 0.6) is 0 Å². The van der Waals surface area contributed by atoms with Gasteiger partial charge >= 0.3 is 0 Å². The van der Waals surface area contributed by atoms with E-state index in [1.54, 1.807) is 23.9 Å². The molecule has 0 aromatic heterocycles. The Balaban J connectivity index is 2.14. The fourth-order valence-corrected chi connectivity index (χ4v) is 3.20. The van der Waals surface area contributed by atoms with Crippen molar-refractivity contribution in [3.63, 3.8) is 0 Å². The highest BCUT2D eigenvalue weighted by Crippen LogP contribution is 2.33. The van der Waals surface area contributed by atoms with Crippen LogP contribution >= 0.6 is 23.4 Å². The summed E-state index contributed by atoms with van der Waals surface area (Å²) in [5.74, 6) is 0.380. The zero-order valence-electron chi connectivity index (χ0n) is 12.2. The lowest BCUT2D eigenvalue weighted by molar-refractivity contribution is 0.550. The third-order valence-electron chi connectivity index (χ3n) is 2.97. The zero-order chi connectivity index (χ0) is 15.2. The summed E-state index contributed by atoms with van der Waals surface area (Å²) in [6.07, 6.45) is 0. The van der Waals surface area contributed by atoms with Gasteiger partial charge in [-0.3, -0.25) is 0 Å². The minimum atomic E-state index is -0.218. The van der Waals surface area contributed by atoms with Crippen LogP contribution in [-0.2, 0) is 6.54 Å². The molecule has 0 bridgehead atoms. The Morgan fingerprint density at radius 1 is 1.14 bits per heavy atom. The highest BCUT2D eigenvalue weighted by Gasteiger charge is 2.09. The number of rotatable bonds is 6. The van der Waals surface area contributed by atoms with E-state index >= 15 is 0 Å². The molecule has 2 aromatic carbocycles. The van der Waals surface area contributed by atoms with Crippen LogP contribution in [0.1, 0.15) is 19.4 Å². The molecule has 2 rings (SSSR count). The Morgan fingerprint density at radius 2 is 1.86 bits per heavy atom. The van der Waals surface area contributed by atoms with Crippen molar-refractivity contribution in [3.8, 4) is 0 Å². The van der Waals surface area contributed by atoms with Crippen LogP contribution in [0, 0.1) is 11.7 Å². The maximum Gasteiger partial charge on any atom is 0.123 e. The van der Waals surface area contributed by atoms with Crippen molar-refractivity contribution >= 4 is 23.4 Å². The third-order valence-corrected chi connectivity index (χ3v) is 4.44. The highest BCUT2D eigenvalue weighted by atomic mass is 35.5. The van der Waals surface area contributed by atoms with Crippen molar-refractivity contribution in [2.45, 2.75) is 30.2 Å². The average molecular weight is 324 g/mol. The lowest BCUT2D eigenvalue weighted by Crippen LogP contribution is -2.19. The lowest BCUT2D eigenvalue weighted by Gasteiger charge is -2.13. The van der Waals surface area contributed by atoms with E-state index in [0.29, 0.717) is 5.92 Å². The second-order valence-electron chi connectivity index (χ2n) is 5.30. The molecule has 0 saturated heterocycles. The first kappa shape index (κ1) is 16.3. The largest absolute Gasteiger partial charge is 0.312 e. The fraction of sp³-hybridized carbons (Fsp3) is 0.294. The third kappa shape index (κ3) is 5.03. The first-order valence-electron chi connectivity index (χ1n) is 6.98. The fourth-order valence-electron chi connectivity index (χ4n) is 1.92. The van der Waals surface area contributed by atoms with Gasteiger partial charge in [-0.15, -0.1) is 0 Å². The van der Waals surface area contributed by atoms with Gasteiger partial charge in [0.15, 0.2) is 0 Å². The second kappa shape index (κ2) is 7.83. The van der Waals surface area contributed by atoms with E-state index in [2.05, 4.69) is 19.2 Å². The molecule has 21 heavy (non-hydrogen) atoms. The van der Waals surface area contributed by atoms with Crippen LogP contribution in [0.15, 0.2) is 52.3 Å². The van der Waals surface area contributed by atoms with Gasteiger partial charge in [0.1, 0.15) is 5.82 Å². The summed E-state index contributed by atoms with van der Waals surface area (Å²) in [6.45, 7) is 6.04. The molecule has 0 amide bonds. The Bertz CT molecular complexity index is 584. The van der Waals surface area contributed by atoms with Crippen LogP contribution < -0.4 is 5.32 Å². The minimum absolute atomic E-state index is 0.218. The predicted molar refractivity (Wildman–Crippen MR) is 88.5 cm³/mol. The number of nitrogens with one attached hydrogen (secondary N) is 1. The molecule has 0 spiro atoms. The van der Waals surface area contributed by atoms with Crippen LogP contribution in [0.25, 0.3) is 0 Å². The molecule has 0 saturated carbocycles. The van der Waals surface area contributed by atoms with E-state index in [1.807, 2.05) is 18.2 Å². The van der Waals surface area contributed by atoms with E-state index in [4.69, 9.17) is 11.6 Å². The summed E-state index contributed by atoms with van der Waals surface area (Å²) < 4.78 is 13.0. The molecule has 0 unspecified atom stereocenters. The van der Waals surface area contributed by atoms with Gasteiger partial charge in [0, 0.05) is 21.4 Å². The Labute approximate surface area is 134 Å². The molecular weight excluding hydrogens is 305 g/mol. The molecule has 0 aliphatic carbocycles. The monoisotopic (exact) mass is 323 g/mol. The minimum Gasteiger partial charge on any atom is -0.312 e. The Kier molecular flexibility index (Phi) is 6.09. The van der Waals surface area contributed by atoms with Gasteiger partial charge in [0.05, 0.1) is 0 Å². The van der Waals surface area contributed by atoms with E-state index in [0.717, 1.165) is 33.5 Å². The second-order valence-corrected chi connectivity index (χ2v) is 6.82. The molecule has 1 nitrogen and oxygen atoms in total. The molecule has 0 aliphatic rings. The average Bonchev–Trinajstić information content (AvgIpc) is 2.44. The van der Waals surface area contributed by atoms with Crippen molar-refractivity contribution in [2.75, 3.05) is 6.54 Å². The number of hydrogen-bond donors (Lipinski definition) is 1. The normalized spacial score (nSPS) is 11.1. The predicted octanol–water partition coefficient (Wildman–Crippen LogP) is 5.38. The summed E-state index contributed by atoms with van der Waals surface area (Å²) in [5.41, 5.74) is 1.09. The van der Waals surface area contributed by atoms with E-state index < -0.39 is 0 Å². The van der Waals surface area contributed by atoms with Crippen molar-refractivity contribution in [1.82, 2.24) is 5.32 Å².